The first-order chi connectivity index (χ1) is 16.5. The predicted molar refractivity (Wildman–Crippen MR) is 125 cm³/mol. The van der Waals surface area contributed by atoms with Crippen LogP contribution in [0.5, 0.6) is 0 Å². The minimum atomic E-state index is -0.865. The van der Waals surface area contributed by atoms with E-state index in [1.807, 2.05) is 35.2 Å². The second kappa shape index (κ2) is 8.89. The van der Waals surface area contributed by atoms with Crippen molar-refractivity contribution in [3.63, 3.8) is 0 Å². The number of pyridine rings is 1. The smallest absolute Gasteiger partial charge is 0.262 e. The van der Waals surface area contributed by atoms with E-state index in [-0.39, 0.29) is 5.91 Å². The number of carbonyl (C=O) groups is 3. The number of hydrogen-bond acceptors (Lipinski definition) is 8. The van der Waals surface area contributed by atoms with Crippen LogP contribution in [-0.2, 0) is 4.79 Å². The second-order valence-corrected chi connectivity index (χ2v) is 8.13. The van der Waals surface area contributed by atoms with Crippen molar-refractivity contribution in [2.24, 2.45) is 0 Å². The van der Waals surface area contributed by atoms with Gasteiger partial charge in [-0.05, 0) is 43.3 Å². The quantitative estimate of drug-likeness (QED) is 0.579. The molecule has 3 amide bonds. The first-order valence-corrected chi connectivity index (χ1v) is 11.1. The summed E-state index contributed by atoms with van der Waals surface area (Å²) >= 11 is 0. The van der Waals surface area contributed by atoms with Crippen LogP contribution in [0.25, 0.3) is 0 Å². The molecule has 2 aliphatic rings. The average molecular weight is 457 g/mol. The first kappa shape index (κ1) is 21.5. The summed E-state index contributed by atoms with van der Waals surface area (Å²) in [5, 5.41) is 11.6. The van der Waals surface area contributed by atoms with Crippen LogP contribution in [0.15, 0.2) is 60.8 Å². The van der Waals surface area contributed by atoms with Gasteiger partial charge in [0.05, 0.1) is 11.1 Å². The van der Waals surface area contributed by atoms with E-state index >= 15 is 0 Å². The molecule has 172 valence electrons. The molecule has 0 radical (unpaired) electrons. The van der Waals surface area contributed by atoms with Gasteiger partial charge in [0.15, 0.2) is 11.6 Å². The normalized spacial score (nSPS) is 16.4. The summed E-state index contributed by atoms with van der Waals surface area (Å²) in [5.41, 5.74) is 0.688. The van der Waals surface area contributed by atoms with Gasteiger partial charge in [-0.1, -0.05) is 18.2 Å². The van der Waals surface area contributed by atoms with Gasteiger partial charge in [-0.3, -0.25) is 19.3 Å². The first-order valence-electron chi connectivity index (χ1n) is 11.1. The number of aromatic nitrogens is 3. The highest BCUT2D eigenvalue weighted by Gasteiger charge is 2.42. The van der Waals surface area contributed by atoms with Crippen molar-refractivity contribution in [3.8, 4) is 0 Å². The average Bonchev–Trinajstić information content (AvgIpc) is 3.14. The molecule has 2 aliphatic heterocycles. The summed E-state index contributed by atoms with van der Waals surface area (Å²) in [6.07, 6.45) is 1.69. The van der Waals surface area contributed by atoms with Crippen LogP contribution in [0.3, 0.4) is 0 Å². The van der Waals surface area contributed by atoms with Crippen molar-refractivity contribution in [2.75, 3.05) is 36.4 Å². The Kier molecular flexibility index (Phi) is 5.62. The molecule has 10 heteroatoms. The molecule has 3 aromatic rings. The molecule has 1 atom stereocenters. The Labute approximate surface area is 196 Å². The number of imide groups is 1. The van der Waals surface area contributed by atoms with E-state index in [1.165, 1.54) is 0 Å². The molecule has 1 fully saturated rings. The lowest BCUT2D eigenvalue weighted by Crippen LogP contribution is -2.55. The maximum absolute atomic E-state index is 13.1. The van der Waals surface area contributed by atoms with Gasteiger partial charge >= 0.3 is 0 Å². The molecule has 0 spiro atoms. The molecule has 0 bridgehead atoms. The number of hydrogen-bond donors (Lipinski definition) is 1. The molecular formula is C24H23N7O3. The number of fused-ring (bicyclic) bond motifs is 1. The summed E-state index contributed by atoms with van der Waals surface area (Å²) in [7, 11) is 0. The second-order valence-electron chi connectivity index (χ2n) is 8.13. The van der Waals surface area contributed by atoms with Gasteiger partial charge in [-0.2, -0.15) is 0 Å². The van der Waals surface area contributed by atoms with Crippen LogP contribution in [0.2, 0.25) is 0 Å². The Balaban J connectivity index is 1.19. The fraction of sp³-hybridized carbons (Fsp3) is 0.250. The fourth-order valence-electron chi connectivity index (χ4n) is 4.22. The van der Waals surface area contributed by atoms with Crippen LogP contribution < -0.4 is 10.2 Å². The maximum atomic E-state index is 13.1. The van der Waals surface area contributed by atoms with Gasteiger partial charge in [0.1, 0.15) is 11.9 Å². The van der Waals surface area contributed by atoms with Crippen molar-refractivity contribution >= 4 is 35.2 Å². The number of piperazine rings is 1. The van der Waals surface area contributed by atoms with Crippen molar-refractivity contribution in [1.29, 1.82) is 0 Å². The summed E-state index contributed by atoms with van der Waals surface area (Å²) in [5.74, 6) is 0.904. The van der Waals surface area contributed by atoms with Gasteiger partial charge in [0, 0.05) is 32.4 Å². The molecule has 1 saturated heterocycles. The number of benzene rings is 1. The Hall–Kier alpha value is -4.34. The Bertz CT molecular complexity index is 1190. The topological polar surface area (TPSA) is 112 Å². The molecule has 34 heavy (non-hydrogen) atoms. The van der Waals surface area contributed by atoms with E-state index in [9.17, 15) is 14.4 Å². The van der Waals surface area contributed by atoms with E-state index in [2.05, 4.69) is 20.5 Å². The highest BCUT2D eigenvalue weighted by molar-refractivity contribution is 6.22. The van der Waals surface area contributed by atoms with Crippen molar-refractivity contribution < 1.29 is 14.4 Å². The summed E-state index contributed by atoms with van der Waals surface area (Å²) in [4.78, 5) is 47.6. The third-order valence-electron chi connectivity index (χ3n) is 6.06. The number of rotatable bonds is 5. The summed E-state index contributed by atoms with van der Waals surface area (Å²) < 4.78 is 0. The zero-order valence-electron chi connectivity index (χ0n) is 18.6. The third kappa shape index (κ3) is 3.94. The predicted octanol–water partition coefficient (Wildman–Crippen LogP) is 1.95. The lowest BCUT2D eigenvalue weighted by molar-refractivity contribution is -0.135. The molecule has 0 saturated carbocycles. The molecule has 4 heterocycles. The molecule has 1 unspecified atom stereocenters. The number of nitrogens with zero attached hydrogens (tertiary/aromatic N) is 6. The van der Waals surface area contributed by atoms with E-state index < -0.39 is 17.9 Å². The fourth-order valence-corrected chi connectivity index (χ4v) is 4.22. The molecule has 1 aromatic carbocycles. The molecule has 0 aliphatic carbocycles. The molecule has 10 nitrogen and oxygen atoms in total. The van der Waals surface area contributed by atoms with Gasteiger partial charge in [-0.25, -0.2) is 4.98 Å². The van der Waals surface area contributed by atoms with Crippen LogP contribution in [0, 0.1) is 0 Å². The number of amides is 3. The standard InChI is InChI=1S/C24H23N7O3/c1-16(31-23(33)17-6-2-3-7-18(17)24(31)34)22(32)30-14-12-29(13-15-30)21-10-9-20(27-28-21)26-19-8-4-5-11-25-19/h2-11,16H,12-15H2,1H3,(H,25,26,27). The minimum absolute atomic E-state index is 0.241. The number of carbonyl (C=O) groups excluding carboxylic acids is 3. The summed E-state index contributed by atoms with van der Waals surface area (Å²) in [6, 6.07) is 15.1. The van der Waals surface area contributed by atoms with Crippen molar-refractivity contribution in [2.45, 2.75) is 13.0 Å². The monoisotopic (exact) mass is 457 g/mol. The zero-order chi connectivity index (χ0) is 23.7. The van der Waals surface area contributed by atoms with E-state index in [1.54, 1.807) is 42.3 Å². The lowest BCUT2D eigenvalue weighted by atomic mass is 10.1. The van der Waals surface area contributed by atoms with E-state index in [0.29, 0.717) is 54.8 Å². The van der Waals surface area contributed by atoms with E-state index in [4.69, 9.17) is 0 Å². The molecule has 2 aromatic heterocycles. The maximum Gasteiger partial charge on any atom is 0.262 e. The number of nitrogens with one attached hydrogen (secondary N) is 1. The largest absolute Gasteiger partial charge is 0.352 e. The van der Waals surface area contributed by atoms with E-state index in [0.717, 1.165) is 4.90 Å². The van der Waals surface area contributed by atoms with Crippen LogP contribution in [-0.4, -0.2) is 74.9 Å². The van der Waals surface area contributed by atoms with Crippen molar-refractivity contribution in [1.82, 2.24) is 25.0 Å². The van der Waals surface area contributed by atoms with Gasteiger partial charge in [-0.15, -0.1) is 10.2 Å². The molecule has 5 rings (SSSR count). The van der Waals surface area contributed by atoms with Gasteiger partial charge < -0.3 is 15.1 Å². The van der Waals surface area contributed by atoms with Crippen LogP contribution in [0.4, 0.5) is 17.5 Å². The Morgan fingerprint density at radius 2 is 1.53 bits per heavy atom. The third-order valence-corrected chi connectivity index (χ3v) is 6.06. The summed E-state index contributed by atoms with van der Waals surface area (Å²) in [6.45, 7) is 3.67. The molecule has 1 N–H and O–H groups in total. The SMILES string of the molecule is CC(C(=O)N1CCN(c2ccc(Nc3ccccn3)nn2)CC1)N1C(=O)c2ccccc2C1=O. The Morgan fingerprint density at radius 3 is 2.12 bits per heavy atom. The van der Waals surface area contributed by atoms with Crippen molar-refractivity contribution in [3.05, 3.63) is 71.9 Å². The van der Waals surface area contributed by atoms with Crippen LogP contribution >= 0.6 is 0 Å². The van der Waals surface area contributed by atoms with Gasteiger partial charge in [0.2, 0.25) is 5.91 Å². The molecular weight excluding hydrogens is 434 g/mol. The highest BCUT2D eigenvalue weighted by Crippen LogP contribution is 2.25. The van der Waals surface area contributed by atoms with Crippen LogP contribution in [0.1, 0.15) is 27.6 Å². The zero-order valence-corrected chi connectivity index (χ0v) is 18.6. The van der Waals surface area contributed by atoms with Gasteiger partial charge in [0.25, 0.3) is 11.8 Å². The lowest BCUT2D eigenvalue weighted by Gasteiger charge is -2.37. The number of anilines is 3. The Morgan fingerprint density at radius 1 is 0.853 bits per heavy atom. The minimum Gasteiger partial charge on any atom is -0.352 e. The highest BCUT2D eigenvalue weighted by atomic mass is 16.2.